The lowest BCUT2D eigenvalue weighted by Crippen LogP contribution is -2.21. The molecule has 8 nitrogen and oxygen atoms in total. The molecular weight excluding hydrogens is 280 g/mol. The van der Waals surface area contributed by atoms with Gasteiger partial charge in [-0.2, -0.15) is 0 Å². The Morgan fingerprint density at radius 2 is 1.62 bits per heavy atom. The number of isocyanates is 2. The van der Waals surface area contributed by atoms with Gasteiger partial charge in [0.15, 0.2) is 0 Å². The minimum absolute atomic E-state index is 0.107. The van der Waals surface area contributed by atoms with Gasteiger partial charge in [0.2, 0.25) is 12.2 Å². The fraction of sp³-hybridized carbons (Fsp3) is 0.769. The minimum Gasteiger partial charge on any atom is -0.463 e. The maximum Gasteiger partial charge on any atom is 0.305 e. The van der Waals surface area contributed by atoms with Crippen molar-refractivity contribution in [2.45, 2.75) is 51.6 Å². The van der Waals surface area contributed by atoms with Crippen LogP contribution in [0.2, 0.25) is 0 Å². The topological polar surface area (TPSA) is 149 Å². The van der Waals surface area contributed by atoms with E-state index in [9.17, 15) is 4.79 Å². The summed E-state index contributed by atoms with van der Waals surface area (Å²) in [6.07, 6.45) is 6.39. The monoisotopic (exact) mass is 304 g/mol. The number of aliphatic hydroxyl groups excluding tert-OH is 2. The number of nitrogens with one attached hydrogen (secondary N) is 2. The second kappa shape index (κ2) is 23.3. The highest BCUT2D eigenvalue weighted by atomic mass is 16.5. The summed E-state index contributed by atoms with van der Waals surface area (Å²) in [5.74, 6) is -0.293. The standard InChI is InChI=1S/C11H22O4.2CHNO/c1-2-3-4-5-6-7-11(14)15-9-10(13)8-12;2*2-1-3/h10,12-13H,2-9H2,1H3;2*2H. The highest BCUT2D eigenvalue weighted by Crippen LogP contribution is 2.05. The normalized spacial score (nSPS) is 9.67. The molecule has 0 aliphatic carbocycles. The van der Waals surface area contributed by atoms with Gasteiger partial charge in [0.05, 0.1) is 6.61 Å². The van der Waals surface area contributed by atoms with E-state index in [1.54, 1.807) is 0 Å². The van der Waals surface area contributed by atoms with Gasteiger partial charge in [0.1, 0.15) is 12.7 Å². The van der Waals surface area contributed by atoms with Crippen molar-refractivity contribution in [3.8, 4) is 0 Å². The van der Waals surface area contributed by atoms with Crippen LogP contribution in [0.1, 0.15) is 45.4 Å². The van der Waals surface area contributed by atoms with Gasteiger partial charge in [-0.15, -0.1) is 0 Å². The summed E-state index contributed by atoms with van der Waals surface area (Å²) in [5.41, 5.74) is 0. The fourth-order valence-corrected chi connectivity index (χ4v) is 1.19. The van der Waals surface area contributed by atoms with Crippen LogP contribution < -0.4 is 0 Å². The molecule has 8 heteroatoms. The first kappa shape index (κ1) is 24.2. The molecule has 0 aliphatic heterocycles. The van der Waals surface area contributed by atoms with Crippen LogP contribution in [-0.2, 0) is 19.1 Å². The first-order chi connectivity index (χ1) is 10.0. The molecule has 0 saturated carbocycles. The molecule has 0 heterocycles. The Hall–Kier alpha value is -1.85. The second-order valence-corrected chi connectivity index (χ2v) is 3.89. The summed E-state index contributed by atoms with van der Waals surface area (Å²) in [4.78, 5) is 27.8. The van der Waals surface area contributed by atoms with Crippen molar-refractivity contribution in [2.75, 3.05) is 13.2 Å². The zero-order valence-electron chi connectivity index (χ0n) is 12.3. The molecule has 0 aromatic rings. The Morgan fingerprint density at radius 3 is 2.05 bits per heavy atom. The first-order valence-electron chi connectivity index (χ1n) is 6.56. The van der Waals surface area contributed by atoms with Crippen LogP contribution in [0.3, 0.4) is 0 Å². The molecule has 0 saturated heterocycles. The zero-order chi connectivity index (χ0) is 16.9. The summed E-state index contributed by atoms with van der Waals surface area (Å²) in [7, 11) is 0. The molecule has 1 unspecified atom stereocenters. The van der Waals surface area contributed by atoms with E-state index in [4.69, 9.17) is 35.4 Å². The smallest absolute Gasteiger partial charge is 0.305 e. The van der Waals surface area contributed by atoms with Crippen LogP contribution >= 0.6 is 0 Å². The highest BCUT2D eigenvalue weighted by molar-refractivity contribution is 5.69. The van der Waals surface area contributed by atoms with Crippen LogP contribution in [0.15, 0.2) is 0 Å². The summed E-state index contributed by atoms with van der Waals surface area (Å²) in [6.45, 7) is 1.67. The van der Waals surface area contributed by atoms with Crippen molar-refractivity contribution in [3.63, 3.8) is 0 Å². The number of ether oxygens (including phenoxy) is 1. The number of hydrogen-bond acceptors (Lipinski definition) is 8. The van der Waals surface area contributed by atoms with Crippen molar-refractivity contribution < 1.29 is 29.3 Å². The molecule has 0 aromatic heterocycles. The van der Waals surface area contributed by atoms with Crippen LogP contribution in [0.25, 0.3) is 0 Å². The third kappa shape index (κ3) is 32.1. The van der Waals surface area contributed by atoms with Gasteiger partial charge in [0, 0.05) is 6.42 Å². The van der Waals surface area contributed by atoms with Gasteiger partial charge in [-0.05, 0) is 6.42 Å². The molecule has 0 spiro atoms. The van der Waals surface area contributed by atoms with E-state index in [0.717, 1.165) is 31.4 Å². The molecule has 1 atom stereocenters. The van der Waals surface area contributed by atoms with Crippen molar-refractivity contribution in [1.82, 2.24) is 0 Å². The quantitative estimate of drug-likeness (QED) is 0.216. The lowest BCUT2D eigenvalue weighted by Gasteiger charge is -2.08. The maximum atomic E-state index is 11.1. The van der Waals surface area contributed by atoms with Gasteiger partial charge in [-0.1, -0.05) is 32.6 Å². The van der Waals surface area contributed by atoms with Crippen LogP contribution in [0, 0.1) is 10.8 Å². The molecule has 4 N–H and O–H groups in total. The molecule has 0 rings (SSSR count). The summed E-state index contributed by atoms with van der Waals surface area (Å²) < 4.78 is 4.75. The largest absolute Gasteiger partial charge is 0.463 e. The number of esters is 1. The van der Waals surface area contributed by atoms with E-state index in [0.29, 0.717) is 6.42 Å². The van der Waals surface area contributed by atoms with Gasteiger partial charge < -0.3 is 14.9 Å². The second-order valence-electron chi connectivity index (χ2n) is 3.89. The summed E-state index contributed by atoms with van der Waals surface area (Å²) in [6, 6.07) is 0. The predicted molar refractivity (Wildman–Crippen MR) is 74.3 cm³/mol. The van der Waals surface area contributed by atoms with Crippen LogP contribution in [0.4, 0.5) is 0 Å². The van der Waals surface area contributed by atoms with Gasteiger partial charge in [-0.3, -0.25) is 4.79 Å². The van der Waals surface area contributed by atoms with Crippen LogP contribution in [0.5, 0.6) is 0 Å². The maximum absolute atomic E-state index is 11.1. The van der Waals surface area contributed by atoms with E-state index in [2.05, 4.69) is 6.92 Å². The van der Waals surface area contributed by atoms with E-state index in [1.165, 1.54) is 12.8 Å². The number of aliphatic hydroxyl groups is 2. The zero-order valence-corrected chi connectivity index (χ0v) is 12.3. The Morgan fingerprint density at radius 1 is 1.14 bits per heavy atom. The molecule has 21 heavy (non-hydrogen) atoms. The highest BCUT2D eigenvalue weighted by Gasteiger charge is 2.06. The van der Waals surface area contributed by atoms with Crippen molar-refractivity contribution in [3.05, 3.63) is 0 Å². The molecule has 0 aliphatic rings. The minimum atomic E-state index is -0.950. The molecule has 0 aromatic carbocycles. The number of unbranched alkanes of at least 4 members (excludes halogenated alkanes) is 4. The third-order valence-electron chi connectivity index (χ3n) is 2.13. The molecule has 0 amide bonds. The van der Waals surface area contributed by atoms with Gasteiger partial charge >= 0.3 is 5.97 Å². The van der Waals surface area contributed by atoms with E-state index >= 15 is 0 Å². The number of rotatable bonds is 9. The molecule has 0 fully saturated rings. The number of carbonyl (C=O) groups is 1. The summed E-state index contributed by atoms with van der Waals surface area (Å²) >= 11 is 0. The van der Waals surface area contributed by atoms with Gasteiger partial charge in [-0.25, -0.2) is 20.4 Å². The molecule has 0 radical (unpaired) electrons. The van der Waals surface area contributed by atoms with Crippen LogP contribution in [-0.4, -0.2) is 47.7 Å². The Bertz CT molecular complexity index is 285. The lowest BCUT2D eigenvalue weighted by atomic mass is 10.1. The van der Waals surface area contributed by atoms with Crippen molar-refractivity contribution >= 4 is 18.1 Å². The molecule has 0 bridgehead atoms. The number of carbonyl (C=O) groups excluding carboxylic acids is 3. The Balaban J connectivity index is -0.000000460. The van der Waals surface area contributed by atoms with Crippen molar-refractivity contribution in [2.24, 2.45) is 0 Å². The SMILES string of the molecule is CCCCCCCC(=O)OCC(O)CO.N=C=O.N=C=O. The Labute approximate surface area is 124 Å². The summed E-state index contributed by atoms with van der Waals surface area (Å²) in [5, 5.41) is 28.2. The predicted octanol–water partition coefficient (Wildman–Crippen LogP) is 1.05. The number of hydrogen-bond donors (Lipinski definition) is 4. The fourth-order valence-electron chi connectivity index (χ4n) is 1.19. The lowest BCUT2D eigenvalue weighted by molar-refractivity contribution is -0.147. The van der Waals surface area contributed by atoms with Gasteiger partial charge in [0.25, 0.3) is 0 Å². The van der Waals surface area contributed by atoms with E-state index < -0.39 is 6.10 Å². The average Bonchev–Trinajstić information content (AvgIpc) is 2.46. The Kier molecular flexibility index (Phi) is 26.8. The molecular formula is C13H24N2O6. The van der Waals surface area contributed by atoms with E-state index in [1.807, 2.05) is 0 Å². The molecule has 122 valence electrons. The van der Waals surface area contributed by atoms with E-state index in [-0.39, 0.29) is 19.2 Å². The van der Waals surface area contributed by atoms with Crippen molar-refractivity contribution in [1.29, 1.82) is 10.8 Å². The third-order valence-corrected chi connectivity index (χ3v) is 2.13. The first-order valence-corrected chi connectivity index (χ1v) is 6.56. The average molecular weight is 304 g/mol.